The average molecular weight is 306 g/mol. The van der Waals surface area contributed by atoms with Gasteiger partial charge in [-0.15, -0.1) is 0 Å². The van der Waals surface area contributed by atoms with Crippen LogP contribution in [0.4, 0.5) is 20.1 Å². The Morgan fingerprint density at radius 1 is 1.14 bits per heavy atom. The van der Waals surface area contributed by atoms with Gasteiger partial charge in [-0.05, 0) is 12.1 Å². The van der Waals surface area contributed by atoms with E-state index in [0.29, 0.717) is 5.69 Å². The van der Waals surface area contributed by atoms with Gasteiger partial charge in [0.05, 0.1) is 0 Å². The molecule has 0 unspecified atom stereocenters. The molecule has 1 aromatic carbocycles. The van der Waals surface area contributed by atoms with E-state index in [0.717, 1.165) is 0 Å². The number of urea groups is 3. The Morgan fingerprint density at radius 3 is 2.32 bits per heavy atom. The number of carbonyl (C=O) groups excluding carboxylic acids is 3. The first-order valence-corrected chi connectivity index (χ1v) is 6.61. The van der Waals surface area contributed by atoms with E-state index < -0.39 is 24.4 Å². The number of anilines is 1. The summed E-state index contributed by atoms with van der Waals surface area (Å²) in [7, 11) is 2.98. The summed E-state index contributed by atoms with van der Waals surface area (Å²) in [5, 5.41) is 7.51. The van der Waals surface area contributed by atoms with Crippen LogP contribution in [0.2, 0.25) is 0 Å². The summed E-state index contributed by atoms with van der Waals surface area (Å²) in [6.07, 6.45) is -1.59. The summed E-state index contributed by atoms with van der Waals surface area (Å²) < 4.78 is 0. The fourth-order valence-corrected chi connectivity index (χ4v) is 2.29. The fourth-order valence-electron chi connectivity index (χ4n) is 2.29. The molecule has 22 heavy (non-hydrogen) atoms. The molecule has 0 spiro atoms. The second kappa shape index (κ2) is 6.20. The van der Waals surface area contributed by atoms with Gasteiger partial charge in [0, 0.05) is 19.8 Å². The topological polar surface area (TPSA) is 120 Å². The highest BCUT2D eigenvalue weighted by atomic mass is 16.2. The molecule has 118 valence electrons. The van der Waals surface area contributed by atoms with Crippen LogP contribution in [-0.2, 0) is 0 Å². The molecule has 0 aliphatic carbocycles. The van der Waals surface area contributed by atoms with Crippen molar-refractivity contribution in [1.82, 2.24) is 20.9 Å². The maximum absolute atomic E-state index is 12.5. The minimum absolute atomic E-state index is 0.369. The van der Waals surface area contributed by atoms with Gasteiger partial charge in [0.1, 0.15) is 6.17 Å². The van der Waals surface area contributed by atoms with Crippen molar-refractivity contribution in [1.29, 1.82) is 0 Å². The van der Waals surface area contributed by atoms with E-state index in [9.17, 15) is 14.4 Å². The summed E-state index contributed by atoms with van der Waals surface area (Å²) in [6, 6.07) is 7.19. The number of likely N-dealkylation sites (N-methyl/N-ethyl adjacent to an activating group) is 1. The van der Waals surface area contributed by atoms with Crippen molar-refractivity contribution in [2.24, 2.45) is 5.73 Å². The Labute approximate surface area is 127 Å². The normalized spacial score (nSPS) is 20.7. The highest BCUT2D eigenvalue weighted by Gasteiger charge is 2.46. The number of amides is 6. The maximum atomic E-state index is 12.5. The van der Waals surface area contributed by atoms with Crippen molar-refractivity contribution in [2.75, 3.05) is 19.0 Å². The zero-order valence-electron chi connectivity index (χ0n) is 12.2. The van der Waals surface area contributed by atoms with Crippen LogP contribution in [-0.4, -0.2) is 49.4 Å². The predicted molar refractivity (Wildman–Crippen MR) is 80.0 cm³/mol. The van der Waals surface area contributed by atoms with Crippen LogP contribution in [0.25, 0.3) is 0 Å². The molecule has 2 atom stereocenters. The van der Waals surface area contributed by atoms with Crippen molar-refractivity contribution in [3.63, 3.8) is 0 Å². The Morgan fingerprint density at radius 2 is 1.77 bits per heavy atom. The van der Waals surface area contributed by atoms with Crippen LogP contribution in [0.5, 0.6) is 0 Å². The van der Waals surface area contributed by atoms with E-state index in [1.54, 1.807) is 24.3 Å². The van der Waals surface area contributed by atoms with Crippen molar-refractivity contribution in [2.45, 2.75) is 12.3 Å². The number of rotatable bonds is 3. The van der Waals surface area contributed by atoms with Gasteiger partial charge in [-0.25, -0.2) is 14.4 Å². The lowest BCUT2D eigenvalue weighted by atomic mass is 10.2. The van der Waals surface area contributed by atoms with Crippen LogP contribution < -0.4 is 26.6 Å². The van der Waals surface area contributed by atoms with Crippen LogP contribution in [0, 0.1) is 0 Å². The summed E-state index contributed by atoms with van der Waals surface area (Å²) in [6.45, 7) is 0. The number of hydrogen-bond acceptors (Lipinski definition) is 3. The van der Waals surface area contributed by atoms with Gasteiger partial charge in [-0.1, -0.05) is 18.2 Å². The summed E-state index contributed by atoms with van der Waals surface area (Å²) in [5.74, 6) is 0. The lowest BCUT2D eigenvalue weighted by molar-refractivity contribution is 0.198. The number of nitrogens with zero attached hydrogens (tertiary/aromatic N) is 2. The van der Waals surface area contributed by atoms with Gasteiger partial charge in [0.2, 0.25) is 0 Å². The molecule has 0 bridgehead atoms. The molecule has 1 aliphatic rings. The third-order valence-electron chi connectivity index (χ3n) is 3.33. The van der Waals surface area contributed by atoms with Gasteiger partial charge < -0.3 is 26.6 Å². The average Bonchev–Trinajstić information content (AvgIpc) is 2.72. The summed E-state index contributed by atoms with van der Waals surface area (Å²) in [4.78, 5) is 38.0. The van der Waals surface area contributed by atoms with Crippen LogP contribution >= 0.6 is 0 Å². The molecule has 1 saturated heterocycles. The number of nitrogens with two attached hydrogens (primary N) is 1. The molecule has 1 fully saturated rings. The van der Waals surface area contributed by atoms with Gasteiger partial charge in [-0.2, -0.15) is 0 Å². The van der Waals surface area contributed by atoms with Crippen molar-refractivity contribution >= 4 is 23.8 Å². The van der Waals surface area contributed by atoms with Crippen LogP contribution in [0.15, 0.2) is 30.3 Å². The Kier molecular flexibility index (Phi) is 4.35. The van der Waals surface area contributed by atoms with E-state index >= 15 is 0 Å². The molecule has 1 heterocycles. The van der Waals surface area contributed by atoms with Gasteiger partial charge in [-0.3, -0.25) is 4.90 Å². The molecular formula is C13H18N6O3. The molecule has 6 amide bonds. The predicted octanol–water partition coefficient (Wildman–Crippen LogP) is -0.192. The van der Waals surface area contributed by atoms with E-state index in [2.05, 4.69) is 16.0 Å². The van der Waals surface area contributed by atoms with Gasteiger partial charge in [0.25, 0.3) is 0 Å². The van der Waals surface area contributed by atoms with Crippen molar-refractivity contribution < 1.29 is 14.4 Å². The minimum Gasteiger partial charge on any atom is -0.352 e. The second-order valence-electron chi connectivity index (χ2n) is 4.72. The highest BCUT2D eigenvalue weighted by molar-refractivity contribution is 5.96. The molecule has 2 rings (SSSR count). The summed E-state index contributed by atoms with van der Waals surface area (Å²) in [5.41, 5.74) is 5.75. The lowest BCUT2D eigenvalue weighted by Crippen LogP contribution is -2.59. The largest absolute Gasteiger partial charge is 0.352 e. The van der Waals surface area contributed by atoms with Crippen molar-refractivity contribution in [3.8, 4) is 0 Å². The Bertz CT molecular complexity index is 578. The first-order chi connectivity index (χ1) is 10.5. The number of nitrogens with one attached hydrogen (secondary N) is 3. The minimum atomic E-state index is -0.799. The molecule has 5 N–H and O–H groups in total. The molecule has 0 radical (unpaired) electrons. The number of hydrogen-bond donors (Lipinski definition) is 4. The third-order valence-corrected chi connectivity index (χ3v) is 3.33. The third kappa shape index (κ3) is 2.87. The molecule has 1 aromatic rings. The van der Waals surface area contributed by atoms with E-state index in [1.165, 1.54) is 23.9 Å². The quantitative estimate of drug-likeness (QED) is 0.619. The smallest absolute Gasteiger partial charge is 0.327 e. The molecule has 9 nitrogen and oxygen atoms in total. The maximum Gasteiger partial charge on any atom is 0.327 e. The lowest BCUT2D eigenvalue weighted by Gasteiger charge is -2.27. The fraction of sp³-hybridized carbons (Fsp3) is 0.308. The number of primary amides is 1. The molecule has 1 aliphatic heterocycles. The number of benzene rings is 1. The monoisotopic (exact) mass is 306 g/mol. The Balaban J connectivity index is 2.38. The van der Waals surface area contributed by atoms with Crippen LogP contribution in [0.1, 0.15) is 0 Å². The molecular weight excluding hydrogens is 288 g/mol. The highest BCUT2D eigenvalue weighted by Crippen LogP contribution is 2.25. The van der Waals surface area contributed by atoms with Gasteiger partial charge >= 0.3 is 18.1 Å². The molecule has 0 aromatic heterocycles. The first-order valence-electron chi connectivity index (χ1n) is 6.61. The van der Waals surface area contributed by atoms with E-state index in [1.807, 2.05) is 6.07 Å². The summed E-state index contributed by atoms with van der Waals surface area (Å²) >= 11 is 0. The second-order valence-corrected chi connectivity index (χ2v) is 4.72. The molecule has 0 saturated carbocycles. The van der Waals surface area contributed by atoms with E-state index in [-0.39, 0.29) is 6.03 Å². The van der Waals surface area contributed by atoms with Crippen molar-refractivity contribution in [3.05, 3.63) is 30.3 Å². The number of para-hydroxylation sites is 1. The first kappa shape index (κ1) is 15.4. The van der Waals surface area contributed by atoms with E-state index in [4.69, 9.17) is 5.73 Å². The zero-order chi connectivity index (χ0) is 16.3. The van der Waals surface area contributed by atoms with Gasteiger partial charge in [0.15, 0.2) is 6.17 Å². The standard InChI is InChI=1S/C13H18N6O3/c1-15-12(21)17-10-9(16-11(14)20)18(2)13(22)19(10)8-6-4-3-5-7-8/h3-7,9-10H,1-2H3,(H3,14,16,20)(H2,15,17,21)/t9-,10+/m0/s1. The zero-order valence-corrected chi connectivity index (χ0v) is 12.2. The SMILES string of the molecule is CNC(=O)N[C@H]1[C@@H](NC(N)=O)N(C)C(=O)N1c1ccccc1. The molecule has 9 heteroatoms. The van der Waals surface area contributed by atoms with Crippen LogP contribution in [0.3, 0.4) is 0 Å². The Hall–Kier alpha value is -2.97. The number of carbonyl (C=O) groups is 3.